The molecule has 1 aromatic heterocycles. The molecule has 28 heavy (non-hydrogen) atoms. The van der Waals surface area contributed by atoms with Gasteiger partial charge in [-0.3, -0.25) is 9.89 Å². The monoisotopic (exact) mass is 375 g/mol. The fourth-order valence-electron chi connectivity index (χ4n) is 3.01. The SMILES string of the molecule is O=C(N/N=C\c1ccc(N2CCOCC2)cc1)c1cc(-c2ccccc2)n[nH]1. The van der Waals surface area contributed by atoms with E-state index >= 15 is 0 Å². The number of amides is 1. The summed E-state index contributed by atoms with van der Waals surface area (Å²) < 4.78 is 5.37. The Morgan fingerprint density at radius 1 is 1.11 bits per heavy atom. The van der Waals surface area contributed by atoms with E-state index in [0.29, 0.717) is 11.4 Å². The zero-order chi connectivity index (χ0) is 19.2. The zero-order valence-corrected chi connectivity index (χ0v) is 15.3. The van der Waals surface area contributed by atoms with Crippen LogP contribution in [0.3, 0.4) is 0 Å². The fraction of sp³-hybridized carbons (Fsp3) is 0.190. The maximum absolute atomic E-state index is 12.2. The minimum absolute atomic E-state index is 0.337. The summed E-state index contributed by atoms with van der Waals surface area (Å²) >= 11 is 0. The average molecular weight is 375 g/mol. The van der Waals surface area contributed by atoms with Crippen LogP contribution in [0.5, 0.6) is 0 Å². The number of nitrogens with one attached hydrogen (secondary N) is 2. The van der Waals surface area contributed by atoms with Crippen molar-refractivity contribution < 1.29 is 9.53 Å². The molecule has 1 aliphatic heterocycles. The Morgan fingerprint density at radius 3 is 2.61 bits per heavy atom. The third kappa shape index (κ3) is 4.27. The molecule has 1 aliphatic rings. The van der Waals surface area contributed by atoms with Crippen LogP contribution in [0.25, 0.3) is 11.3 Å². The van der Waals surface area contributed by atoms with E-state index in [2.05, 4.69) is 37.8 Å². The van der Waals surface area contributed by atoms with E-state index in [1.54, 1.807) is 12.3 Å². The first-order valence-corrected chi connectivity index (χ1v) is 9.16. The van der Waals surface area contributed by atoms with Gasteiger partial charge in [0.05, 0.1) is 25.1 Å². The predicted octanol–water partition coefficient (Wildman–Crippen LogP) is 2.68. The van der Waals surface area contributed by atoms with Crippen molar-refractivity contribution in [2.24, 2.45) is 5.10 Å². The first-order chi connectivity index (χ1) is 13.8. The molecule has 1 fully saturated rings. The van der Waals surface area contributed by atoms with Gasteiger partial charge >= 0.3 is 0 Å². The van der Waals surface area contributed by atoms with Crippen molar-refractivity contribution in [3.8, 4) is 11.3 Å². The van der Waals surface area contributed by atoms with Crippen molar-refractivity contribution in [1.29, 1.82) is 0 Å². The number of rotatable bonds is 5. The van der Waals surface area contributed by atoms with Crippen LogP contribution in [0.2, 0.25) is 0 Å². The molecule has 0 bridgehead atoms. The quantitative estimate of drug-likeness (QED) is 0.531. The summed E-state index contributed by atoms with van der Waals surface area (Å²) in [4.78, 5) is 14.5. The van der Waals surface area contributed by atoms with Gasteiger partial charge in [0, 0.05) is 24.3 Å². The van der Waals surface area contributed by atoms with Crippen molar-refractivity contribution >= 4 is 17.8 Å². The molecule has 0 radical (unpaired) electrons. The Bertz CT molecular complexity index is 944. The van der Waals surface area contributed by atoms with Crippen molar-refractivity contribution in [3.63, 3.8) is 0 Å². The van der Waals surface area contributed by atoms with E-state index in [1.807, 2.05) is 42.5 Å². The van der Waals surface area contributed by atoms with E-state index in [9.17, 15) is 4.79 Å². The highest BCUT2D eigenvalue weighted by Crippen LogP contribution is 2.17. The number of benzene rings is 2. The van der Waals surface area contributed by atoms with Crippen molar-refractivity contribution in [3.05, 3.63) is 71.9 Å². The van der Waals surface area contributed by atoms with Crippen LogP contribution in [0.4, 0.5) is 5.69 Å². The number of ether oxygens (including phenoxy) is 1. The summed E-state index contributed by atoms with van der Waals surface area (Å²) in [5.41, 5.74) is 6.62. The molecular weight excluding hydrogens is 354 g/mol. The molecule has 1 saturated heterocycles. The summed E-state index contributed by atoms with van der Waals surface area (Å²) in [6, 6.07) is 19.4. The number of aromatic amines is 1. The lowest BCUT2D eigenvalue weighted by atomic mass is 10.1. The van der Waals surface area contributed by atoms with Crippen LogP contribution in [-0.2, 0) is 4.74 Å². The second-order valence-corrected chi connectivity index (χ2v) is 6.42. The molecule has 0 spiro atoms. The van der Waals surface area contributed by atoms with Crippen LogP contribution in [0.15, 0.2) is 65.8 Å². The van der Waals surface area contributed by atoms with Crippen LogP contribution in [0.1, 0.15) is 16.1 Å². The molecule has 0 atom stereocenters. The highest BCUT2D eigenvalue weighted by Gasteiger charge is 2.11. The normalized spacial score (nSPS) is 14.4. The van der Waals surface area contributed by atoms with E-state index in [1.165, 1.54) is 0 Å². The van der Waals surface area contributed by atoms with Crippen LogP contribution >= 0.6 is 0 Å². The maximum atomic E-state index is 12.2. The molecule has 3 aromatic rings. The number of nitrogens with zero attached hydrogens (tertiary/aromatic N) is 3. The van der Waals surface area contributed by atoms with Gasteiger partial charge < -0.3 is 9.64 Å². The van der Waals surface area contributed by atoms with Crippen molar-refractivity contribution in [2.75, 3.05) is 31.2 Å². The maximum Gasteiger partial charge on any atom is 0.289 e. The molecule has 0 saturated carbocycles. The minimum atomic E-state index is -0.337. The summed E-state index contributed by atoms with van der Waals surface area (Å²) in [5.74, 6) is -0.337. The Balaban J connectivity index is 1.34. The van der Waals surface area contributed by atoms with Gasteiger partial charge in [-0.15, -0.1) is 0 Å². The van der Waals surface area contributed by atoms with Crippen LogP contribution < -0.4 is 10.3 Å². The van der Waals surface area contributed by atoms with E-state index in [-0.39, 0.29) is 5.91 Å². The van der Waals surface area contributed by atoms with Crippen LogP contribution in [0, 0.1) is 0 Å². The van der Waals surface area contributed by atoms with Crippen molar-refractivity contribution in [1.82, 2.24) is 15.6 Å². The van der Waals surface area contributed by atoms with Gasteiger partial charge in [-0.25, -0.2) is 5.43 Å². The Kier molecular flexibility index (Phi) is 5.44. The number of hydrogen-bond acceptors (Lipinski definition) is 5. The van der Waals surface area contributed by atoms with Gasteiger partial charge in [-0.2, -0.15) is 10.2 Å². The average Bonchev–Trinajstić information content (AvgIpc) is 3.26. The minimum Gasteiger partial charge on any atom is -0.378 e. The van der Waals surface area contributed by atoms with Crippen molar-refractivity contribution in [2.45, 2.75) is 0 Å². The molecule has 0 unspecified atom stereocenters. The summed E-state index contributed by atoms with van der Waals surface area (Å²) in [7, 11) is 0. The molecule has 2 N–H and O–H groups in total. The number of morpholine rings is 1. The lowest BCUT2D eigenvalue weighted by Gasteiger charge is -2.28. The Morgan fingerprint density at radius 2 is 1.86 bits per heavy atom. The zero-order valence-electron chi connectivity index (χ0n) is 15.3. The molecule has 1 amide bonds. The standard InChI is InChI=1S/C21H21N5O2/c27-21(20-14-19(23-24-20)17-4-2-1-3-5-17)25-22-15-16-6-8-18(9-7-16)26-10-12-28-13-11-26/h1-9,14-15H,10-13H2,(H,23,24)(H,25,27)/b22-15-. The van der Waals surface area contributed by atoms with Gasteiger partial charge in [0.25, 0.3) is 5.91 Å². The molecule has 142 valence electrons. The largest absolute Gasteiger partial charge is 0.378 e. The van der Waals surface area contributed by atoms with Crippen LogP contribution in [-0.4, -0.2) is 48.6 Å². The summed E-state index contributed by atoms with van der Waals surface area (Å²) in [6.45, 7) is 3.32. The second kappa shape index (κ2) is 8.49. The summed E-state index contributed by atoms with van der Waals surface area (Å²) in [6.07, 6.45) is 1.62. The molecular formula is C21H21N5O2. The van der Waals surface area contributed by atoms with Gasteiger partial charge in [-0.05, 0) is 23.8 Å². The number of anilines is 1. The number of hydrogen-bond donors (Lipinski definition) is 2. The number of H-pyrrole nitrogens is 1. The number of aromatic nitrogens is 2. The molecule has 2 aromatic carbocycles. The number of carbonyl (C=O) groups is 1. The lowest BCUT2D eigenvalue weighted by molar-refractivity contribution is 0.0950. The smallest absolute Gasteiger partial charge is 0.289 e. The fourth-order valence-corrected chi connectivity index (χ4v) is 3.01. The van der Waals surface area contributed by atoms with E-state index in [0.717, 1.165) is 43.1 Å². The number of carbonyl (C=O) groups excluding carboxylic acids is 1. The molecule has 0 aliphatic carbocycles. The molecule has 4 rings (SSSR count). The molecule has 2 heterocycles. The van der Waals surface area contributed by atoms with Gasteiger partial charge in [0.15, 0.2) is 0 Å². The van der Waals surface area contributed by atoms with Gasteiger partial charge in [0.2, 0.25) is 0 Å². The highest BCUT2D eigenvalue weighted by molar-refractivity contribution is 5.94. The van der Waals surface area contributed by atoms with Gasteiger partial charge in [-0.1, -0.05) is 42.5 Å². The second-order valence-electron chi connectivity index (χ2n) is 6.42. The third-order valence-electron chi connectivity index (χ3n) is 4.54. The number of hydrazone groups is 1. The Labute approximate surface area is 163 Å². The topological polar surface area (TPSA) is 82.6 Å². The first kappa shape index (κ1) is 17.9. The third-order valence-corrected chi connectivity index (χ3v) is 4.54. The first-order valence-electron chi connectivity index (χ1n) is 9.16. The highest BCUT2D eigenvalue weighted by atomic mass is 16.5. The van der Waals surface area contributed by atoms with E-state index < -0.39 is 0 Å². The molecule has 7 heteroatoms. The molecule has 7 nitrogen and oxygen atoms in total. The van der Waals surface area contributed by atoms with Gasteiger partial charge in [0.1, 0.15) is 5.69 Å². The predicted molar refractivity (Wildman–Crippen MR) is 109 cm³/mol. The summed E-state index contributed by atoms with van der Waals surface area (Å²) in [5, 5.41) is 11.0. The Hall–Kier alpha value is -3.45. The van der Waals surface area contributed by atoms with E-state index in [4.69, 9.17) is 4.74 Å². The lowest BCUT2D eigenvalue weighted by Crippen LogP contribution is -2.36.